The Labute approximate surface area is 127 Å². The van der Waals surface area contributed by atoms with Crippen LogP contribution in [0.25, 0.3) is 0 Å². The number of Topliss-reactive ketones (excluding diaryl/α,β-unsaturated/α-hetero) is 1. The van der Waals surface area contributed by atoms with E-state index >= 15 is 0 Å². The van der Waals surface area contributed by atoms with Crippen LogP contribution < -0.4 is 4.74 Å². The fourth-order valence-corrected chi connectivity index (χ4v) is 1.69. The molecule has 0 bridgehead atoms. The second kappa shape index (κ2) is 8.61. The van der Waals surface area contributed by atoms with Gasteiger partial charge in [-0.3, -0.25) is 4.79 Å². The third-order valence-electron chi connectivity index (χ3n) is 2.52. The number of ketones is 1. The molecule has 1 aromatic rings. The molecular formula is C14H17ClO6. The zero-order valence-corrected chi connectivity index (χ0v) is 12.2. The van der Waals surface area contributed by atoms with Crippen molar-refractivity contribution in [3.05, 3.63) is 29.3 Å². The zero-order chi connectivity index (χ0) is 15.8. The summed E-state index contributed by atoms with van der Waals surface area (Å²) in [4.78, 5) is 22.7. The van der Waals surface area contributed by atoms with E-state index in [4.69, 9.17) is 16.3 Å². The van der Waals surface area contributed by atoms with Crippen LogP contribution in [-0.2, 0) is 14.3 Å². The monoisotopic (exact) mass is 316 g/mol. The van der Waals surface area contributed by atoms with Crippen LogP contribution in [0, 0.1) is 0 Å². The molecular weight excluding hydrogens is 300 g/mol. The van der Waals surface area contributed by atoms with Crippen LogP contribution in [0.1, 0.15) is 13.3 Å². The lowest BCUT2D eigenvalue weighted by atomic mass is 10.1. The summed E-state index contributed by atoms with van der Waals surface area (Å²) in [5.74, 6) is -1.48. The molecule has 1 rings (SSSR count). The maximum atomic E-state index is 11.6. The third-order valence-corrected chi connectivity index (χ3v) is 2.83. The molecule has 21 heavy (non-hydrogen) atoms. The van der Waals surface area contributed by atoms with Crippen LogP contribution in [0.2, 0.25) is 5.02 Å². The number of benzene rings is 1. The first-order valence-electron chi connectivity index (χ1n) is 6.38. The van der Waals surface area contributed by atoms with Gasteiger partial charge < -0.3 is 19.7 Å². The first-order valence-corrected chi connectivity index (χ1v) is 6.76. The minimum Gasteiger partial charge on any atom is -0.489 e. The van der Waals surface area contributed by atoms with E-state index in [1.807, 2.05) is 0 Å². The summed E-state index contributed by atoms with van der Waals surface area (Å²) in [5.41, 5.74) is 0. The smallest absolute Gasteiger partial charge is 0.342 e. The summed E-state index contributed by atoms with van der Waals surface area (Å²) >= 11 is 5.87. The number of carbonyl (C=O) groups excluding carboxylic acids is 2. The molecule has 1 aromatic carbocycles. The number of hydrogen-bond acceptors (Lipinski definition) is 6. The fourth-order valence-electron chi connectivity index (χ4n) is 1.50. The predicted octanol–water partition coefficient (Wildman–Crippen LogP) is 0.963. The first-order chi connectivity index (χ1) is 9.95. The summed E-state index contributed by atoms with van der Waals surface area (Å²) in [6.07, 6.45) is -3.48. The van der Waals surface area contributed by atoms with Gasteiger partial charge in [0.15, 0.2) is 5.78 Å². The number of hydrogen-bond donors (Lipinski definition) is 2. The van der Waals surface area contributed by atoms with E-state index in [9.17, 15) is 19.8 Å². The highest BCUT2D eigenvalue weighted by Gasteiger charge is 2.27. The minimum atomic E-state index is -1.89. The molecule has 0 aromatic heterocycles. The van der Waals surface area contributed by atoms with Crippen molar-refractivity contribution in [3.63, 3.8) is 0 Å². The average Bonchev–Trinajstić information content (AvgIpc) is 2.45. The molecule has 2 unspecified atom stereocenters. The van der Waals surface area contributed by atoms with Crippen molar-refractivity contribution in [3.8, 4) is 5.75 Å². The van der Waals surface area contributed by atoms with Gasteiger partial charge in [-0.2, -0.15) is 0 Å². The molecule has 0 saturated heterocycles. The molecule has 0 saturated carbocycles. The second-order valence-electron chi connectivity index (χ2n) is 4.22. The van der Waals surface area contributed by atoms with Gasteiger partial charge in [-0.25, -0.2) is 4.79 Å². The van der Waals surface area contributed by atoms with Gasteiger partial charge in [0.1, 0.15) is 12.4 Å². The lowest BCUT2D eigenvalue weighted by Crippen LogP contribution is -2.35. The van der Waals surface area contributed by atoms with Gasteiger partial charge in [0.25, 0.3) is 0 Å². The molecule has 0 radical (unpaired) electrons. The van der Waals surface area contributed by atoms with Crippen LogP contribution in [0.5, 0.6) is 5.75 Å². The van der Waals surface area contributed by atoms with Gasteiger partial charge in [-0.1, -0.05) is 23.7 Å². The minimum absolute atomic E-state index is 0.0569. The van der Waals surface area contributed by atoms with E-state index in [2.05, 4.69) is 4.74 Å². The van der Waals surface area contributed by atoms with Crippen LogP contribution in [0.15, 0.2) is 24.3 Å². The molecule has 0 aliphatic heterocycles. The number of para-hydroxylation sites is 1. The van der Waals surface area contributed by atoms with Crippen LogP contribution in [0.3, 0.4) is 0 Å². The van der Waals surface area contributed by atoms with Crippen molar-refractivity contribution in [2.75, 3.05) is 13.2 Å². The summed E-state index contributed by atoms with van der Waals surface area (Å²) < 4.78 is 9.77. The SMILES string of the molecule is CCOC(=O)C(O)C(=O)CC(O)COc1ccccc1Cl. The normalized spacial score (nSPS) is 13.3. The molecule has 0 aliphatic rings. The molecule has 116 valence electrons. The van der Waals surface area contributed by atoms with Crippen LogP contribution in [0.4, 0.5) is 0 Å². The number of aliphatic hydroxyl groups excluding tert-OH is 2. The van der Waals surface area contributed by atoms with E-state index in [0.29, 0.717) is 10.8 Å². The predicted molar refractivity (Wildman–Crippen MR) is 75.2 cm³/mol. The Morgan fingerprint density at radius 1 is 1.29 bits per heavy atom. The van der Waals surface area contributed by atoms with E-state index in [0.717, 1.165) is 0 Å². The number of carbonyl (C=O) groups is 2. The van der Waals surface area contributed by atoms with Gasteiger partial charge in [0.05, 0.1) is 17.7 Å². The Morgan fingerprint density at radius 3 is 2.57 bits per heavy atom. The summed E-state index contributed by atoms with van der Waals surface area (Å²) in [6.45, 7) is 1.42. The lowest BCUT2D eigenvalue weighted by molar-refractivity contribution is -0.157. The topological polar surface area (TPSA) is 93.1 Å². The van der Waals surface area contributed by atoms with E-state index in [1.54, 1.807) is 31.2 Å². The van der Waals surface area contributed by atoms with Gasteiger partial charge in [0, 0.05) is 6.42 Å². The Balaban J connectivity index is 2.43. The van der Waals surface area contributed by atoms with Gasteiger partial charge in [0.2, 0.25) is 6.10 Å². The van der Waals surface area contributed by atoms with Gasteiger partial charge >= 0.3 is 5.97 Å². The van der Waals surface area contributed by atoms with Crippen molar-refractivity contribution >= 4 is 23.4 Å². The Hall–Kier alpha value is -1.63. The standard InChI is InChI=1S/C14H17ClO6/c1-2-20-14(19)13(18)11(17)7-9(16)8-21-12-6-4-3-5-10(12)15/h3-6,9,13,16,18H,2,7-8H2,1H3. The van der Waals surface area contributed by atoms with E-state index in [1.165, 1.54) is 0 Å². The largest absolute Gasteiger partial charge is 0.489 e. The van der Waals surface area contributed by atoms with Crippen molar-refractivity contribution in [1.29, 1.82) is 0 Å². The zero-order valence-electron chi connectivity index (χ0n) is 11.5. The quantitative estimate of drug-likeness (QED) is 0.548. The maximum Gasteiger partial charge on any atom is 0.342 e. The number of rotatable bonds is 8. The summed E-state index contributed by atoms with van der Waals surface area (Å²) in [7, 11) is 0. The average molecular weight is 317 g/mol. The maximum absolute atomic E-state index is 11.6. The van der Waals surface area contributed by atoms with E-state index < -0.39 is 30.4 Å². The highest BCUT2D eigenvalue weighted by molar-refractivity contribution is 6.32. The highest BCUT2D eigenvalue weighted by atomic mass is 35.5. The van der Waals surface area contributed by atoms with E-state index in [-0.39, 0.29) is 13.2 Å². The number of esters is 1. The van der Waals surface area contributed by atoms with Crippen molar-refractivity contribution in [2.45, 2.75) is 25.6 Å². The molecule has 2 N–H and O–H groups in total. The molecule has 2 atom stereocenters. The number of halogens is 1. The molecule has 0 heterocycles. The Morgan fingerprint density at radius 2 is 1.95 bits per heavy atom. The van der Waals surface area contributed by atoms with Gasteiger partial charge in [-0.15, -0.1) is 0 Å². The molecule has 0 spiro atoms. The van der Waals surface area contributed by atoms with Crippen LogP contribution >= 0.6 is 11.6 Å². The molecule has 0 amide bonds. The van der Waals surface area contributed by atoms with Crippen molar-refractivity contribution in [2.24, 2.45) is 0 Å². The second-order valence-corrected chi connectivity index (χ2v) is 4.63. The number of ether oxygens (including phenoxy) is 2. The Kier molecular flexibility index (Phi) is 7.14. The molecule has 7 heteroatoms. The third kappa shape index (κ3) is 5.71. The number of aliphatic hydroxyl groups is 2. The van der Waals surface area contributed by atoms with Crippen LogP contribution in [-0.4, -0.2) is 47.4 Å². The molecule has 0 fully saturated rings. The molecule has 0 aliphatic carbocycles. The Bertz CT molecular complexity index is 490. The fraction of sp³-hybridized carbons (Fsp3) is 0.429. The van der Waals surface area contributed by atoms with Crippen molar-refractivity contribution in [1.82, 2.24) is 0 Å². The van der Waals surface area contributed by atoms with Gasteiger partial charge in [-0.05, 0) is 19.1 Å². The lowest BCUT2D eigenvalue weighted by Gasteiger charge is -2.14. The molecule has 6 nitrogen and oxygen atoms in total. The van der Waals surface area contributed by atoms with Crippen molar-refractivity contribution < 1.29 is 29.3 Å². The highest BCUT2D eigenvalue weighted by Crippen LogP contribution is 2.23. The summed E-state index contributed by atoms with van der Waals surface area (Å²) in [5, 5.41) is 19.5. The first kappa shape index (κ1) is 17.4. The summed E-state index contributed by atoms with van der Waals surface area (Å²) in [6, 6.07) is 6.68.